The van der Waals surface area contributed by atoms with E-state index in [4.69, 9.17) is 39.7 Å². The molecule has 30 heavy (non-hydrogen) atoms. The Hall–Kier alpha value is -2.64. The summed E-state index contributed by atoms with van der Waals surface area (Å²) in [6.07, 6.45) is -2.23. The SMILES string of the molecule is CCCS(=O)(=O)O.CS(=O)(=O)O.O=C(O)/C=C\C(=O)O.O=C(O)C(O)C(O)C(=O)O. The van der Waals surface area contributed by atoms with E-state index in [1.807, 2.05) is 0 Å². The second-order valence-corrected chi connectivity index (χ2v) is 7.63. The summed E-state index contributed by atoms with van der Waals surface area (Å²) in [6, 6.07) is 0. The third-order valence-corrected chi connectivity index (χ3v) is 2.56. The number of carboxylic acids is 4. The number of hydrogen-bond donors (Lipinski definition) is 8. The molecule has 0 aliphatic rings. The molecule has 0 saturated carbocycles. The molecule has 0 bridgehead atoms. The molecule has 0 aliphatic heterocycles. The Morgan fingerprint density at radius 1 is 0.767 bits per heavy atom. The van der Waals surface area contributed by atoms with E-state index in [1.165, 1.54) is 0 Å². The van der Waals surface area contributed by atoms with E-state index in [0.717, 1.165) is 0 Å². The topological polar surface area (TPSA) is 298 Å². The predicted molar refractivity (Wildman–Crippen MR) is 95.9 cm³/mol. The van der Waals surface area contributed by atoms with Crippen LogP contribution in [0.15, 0.2) is 12.2 Å². The standard InChI is InChI=1S/C4H6O6.C4H4O4.C3H8O3S.CH4O3S/c5-1(3(7)8)2(6)4(9)10;5-3(6)1-2-4(7)8;1-2-3-7(4,5)6;1-5(2,3)4/h1-2,5-6H,(H,7,8)(H,9,10);1-2H,(H,5,6)(H,7,8);2-3H2,1H3,(H,4,5,6);1H3,(H,2,3,4)/b;2-1-;;. The Morgan fingerprint density at radius 2 is 1.00 bits per heavy atom. The molecule has 0 heterocycles. The van der Waals surface area contributed by atoms with Crippen LogP contribution in [-0.4, -0.2) is 105 Å². The van der Waals surface area contributed by atoms with E-state index in [2.05, 4.69) is 0 Å². The number of carboxylic acid groups (broad SMARTS) is 4. The van der Waals surface area contributed by atoms with Gasteiger partial charge in [-0.05, 0) is 6.42 Å². The molecular formula is C12H22O16S2. The van der Waals surface area contributed by atoms with E-state index >= 15 is 0 Å². The van der Waals surface area contributed by atoms with Gasteiger partial charge in [-0.3, -0.25) is 9.11 Å². The van der Waals surface area contributed by atoms with Crippen LogP contribution in [-0.2, 0) is 39.4 Å². The summed E-state index contributed by atoms with van der Waals surface area (Å²) < 4.78 is 53.4. The molecule has 0 rings (SSSR count). The molecule has 2 atom stereocenters. The van der Waals surface area contributed by atoms with Crippen molar-refractivity contribution in [2.45, 2.75) is 25.6 Å². The van der Waals surface area contributed by atoms with Crippen molar-refractivity contribution in [2.24, 2.45) is 0 Å². The zero-order valence-corrected chi connectivity index (χ0v) is 17.0. The highest BCUT2D eigenvalue weighted by Crippen LogP contribution is 1.92. The van der Waals surface area contributed by atoms with Crippen molar-refractivity contribution in [3.63, 3.8) is 0 Å². The molecule has 16 nitrogen and oxygen atoms in total. The van der Waals surface area contributed by atoms with Crippen LogP contribution in [0.2, 0.25) is 0 Å². The molecule has 0 aromatic heterocycles. The fraction of sp³-hybridized carbons (Fsp3) is 0.500. The normalized spacial score (nSPS) is 12.5. The zero-order valence-electron chi connectivity index (χ0n) is 15.4. The predicted octanol–water partition coefficient (Wildman–Crippen LogP) is -2.62. The van der Waals surface area contributed by atoms with Gasteiger partial charge in [-0.15, -0.1) is 0 Å². The Bertz CT molecular complexity index is 737. The highest BCUT2D eigenvalue weighted by molar-refractivity contribution is 7.85. The van der Waals surface area contributed by atoms with E-state index in [0.29, 0.717) is 24.8 Å². The smallest absolute Gasteiger partial charge is 0.335 e. The average molecular weight is 486 g/mol. The molecule has 0 spiro atoms. The summed E-state index contributed by atoms with van der Waals surface area (Å²) in [5.74, 6) is -6.18. The van der Waals surface area contributed by atoms with Gasteiger partial charge >= 0.3 is 23.9 Å². The van der Waals surface area contributed by atoms with E-state index in [9.17, 15) is 36.0 Å². The number of rotatable bonds is 7. The summed E-state index contributed by atoms with van der Waals surface area (Å²) in [5, 5.41) is 48.2. The number of aliphatic hydroxyl groups excluding tert-OH is 2. The van der Waals surface area contributed by atoms with Gasteiger partial charge in [0.25, 0.3) is 20.2 Å². The Kier molecular flexibility index (Phi) is 20.0. The van der Waals surface area contributed by atoms with Gasteiger partial charge in [0, 0.05) is 12.2 Å². The molecule has 0 amide bonds. The minimum Gasteiger partial charge on any atom is -0.479 e. The molecule has 0 fully saturated rings. The second-order valence-electron chi connectivity index (χ2n) is 4.60. The molecule has 0 aromatic rings. The largest absolute Gasteiger partial charge is 0.479 e. The quantitative estimate of drug-likeness (QED) is 0.135. The third kappa shape index (κ3) is 44.6. The van der Waals surface area contributed by atoms with Crippen LogP contribution >= 0.6 is 0 Å². The number of aliphatic carboxylic acids is 4. The number of carbonyl (C=O) groups is 4. The van der Waals surface area contributed by atoms with Crippen LogP contribution in [0, 0.1) is 0 Å². The lowest BCUT2D eigenvalue weighted by Crippen LogP contribution is -2.39. The summed E-state index contributed by atoms with van der Waals surface area (Å²) in [5.41, 5.74) is 0. The molecule has 0 radical (unpaired) electrons. The second kappa shape index (κ2) is 17.2. The number of aliphatic hydroxyl groups is 2. The van der Waals surface area contributed by atoms with E-state index in [-0.39, 0.29) is 5.75 Å². The lowest BCUT2D eigenvalue weighted by Gasteiger charge is -2.07. The first-order valence-corrected chi connectivity index (χ1v) is 10.4. The van der Waals surface area contributed by atoms with Crippen LogP contribution in [0.4, 0.5) is 0 Å². The van der Waals surface area contributed by atoms with E-state index < -0.39 is 56.3 Å². The van der Waals surface area contributed by atoms with Crippen molar-refractivity contribution < 1.29 is 75.8 Å². The van der Waals surface area contributed by atoms with Crippen LogP contribution in [0.1, 0.15) is 13.3 Å². The molecular weight excluding hydrogens is 464 g/mol. The Labute approximate surface area is 170 Å². The van der Waals surface area contributed by atoms with Gasteiger partial charge in [-0.2, -0.15) is 16.8 Å². The first-order chi connectivity index (χ1) is 13.2. The molecule has 8 N–H and O–H groups in total. The van der Waals surface area contributed by atoms with E-state index in [1.54, 1.807) is 6.92 Å². The summed E-state index contributed by atoms with van der Waals surface area (Å²) in [6.45, 7) is 1.69. The number of hydrogen-bond acceptors (Lipinski definition) is 10. The minimum atomic E-state index is -3.67. The lowest BCUT2D eigenvalue weighted by molar-refractivity contribution is -0.165. The summed E-state index contributed by atoms with van der Waals surface area (Å²) in [4.78, 5) is 38.7. The third-order valence-electron chi connectivity index (χ3n) is 1.64. The van der Waals surface area contributed by atoms with Crippen LogP contribution in [0.3, 0.4) is 0 Å². The molecule has 2 unspecified atom stereocenters. The van der Waals surface area contributed by atoms with Crippen molar-refractivity contribution >= 4 is 44.1 Å². The van der Waals surface area contributed by atoms with Crippen LogP contribution < -0.4 is 0 Å². The molecule has 18 heteroatoms. The first kappa shape index (κ1) is 34.8. The van der Waals surface area contributed by atoms with Crippen molar-refractivity contribution in [3.8, 4) is 0 Å². The monoisotopic (exact) mass is 486 g/mol. The van der Waals surface area contributed by atoms with Gasteiger partial charge in [0.2, 0.25) is 0 Å². The average Bonchev–Trinajstić information content (AvgIpc) is 2.49. The molecule has 0 aromatic carbocycles. The highest BCUT2D eigenvalue weighted by atomic mass is 32.2. The van der Waals surface area contributed by atoms with Gasteiger partial charge < -0.3 is 30.6 Å². The van der Waals surface area contributed by atoms with Crippen molar-refractivity contribution in [1.29, 1.82) is 0 Å². The molecule has 0 saturated heterocycles. The van der Waals surface area contributed by atoms with Gasteiger partial charge in [0.15, 0.2) is 12.2 Å². The van der Waals surface area contributed by atoms with Crippen molar-refractivity contribution in [1.82, 2.24) is 0 Å². The maximum atomic E-state index is 9.79. The molecule has 178 valence electrons. The summed E-state index contributed by atoms with van der Waals surface area (Å²) in [7, 11) is -7.34. The Morgan fingerprint density at radius 3 is 1.07 bits per heavy atom. The Balaban J connectivity index is -0.000000155. The molecule has 0 aliphatic carbocycles. The van der Waals surface area contributed by atoms with Gasteiger partial charge in [-0.25, -0.2) is 19.2 Å². The van der Waals surface area contributed by atoms with Gasteiger partial charge in [0.1, 0.15) is 0 Å². The first-order valence-electron chi connectivity index (χ1n) is 6.98. The highest BCUT2D eigenvalue weighted by Gasteiger charge is 2.29. The maximum Gasteiger partial charge on any atom is 0.335 e. The van der Waals surface area contributed by atoms with Crippen molar-refractivity contribution in [3.05, 3.63) is 12.2 Å². The maximum absolute atomic E-state index is 9.79. The van der Waals surface area contributed by atoms with Crippen LogP contribution in [0.25, 0.3) is 0 Å². The fourth-order valence-corrected chi connectivity index (χ4v) is 1.19. The minimum absolute atomic E-state index is 0.132. The zero-order chi connectivity index (χ0) is 25.3. The lowest BCUT2D eigenvalue weighted by atomic mass is 10.2. The van der Waals surface area contributed by atoms with Crippen LogP contribution in [0.5, 0.6) is 0 Å². The fourth-order valence-electron chi connectivity index (χ4n) is 0.671. The van der Waals surface area contributed by atoms with Gasteiger partial charge in [-0.1, -0.05) is 6.92 Å². The summed E-state index contributed by atoms with van der Waals surface area (Å²) >= 11 is 0. The van der Waals surface area contributed by atoms with Crippen molar-refractivity contribution in [2.75, 3.05) is 12.0 Å². The van der Waals surface area contributed by atoms with Gasteiger partial charge in [0.05, 0.1) is 12.0 Å².